The summed E-state index contributed by atoms with van der Waals surface area (Å²) in [6.45, 7) is 4.75. The number of rotatable bonds is 5. The van der Waals surface area contributed by atoms with E-state index in [1.54, 1.807) is 0 Å². The predicted molar refractivity (Wildman–Crippen MR) is 53.9 cm³/mol. The lowest BCUT2D eigenvalue weighted by atomic mass is 10.2. The topological polar surface area (TPSA) is 72.6 Å². The first-order chi connectivity index (χ1) is 6.54. The highest BCUT2D eigenvalue weighted by Gasteiger charge is 2.23. The highest BCUT2D eigenvalue weighted by atomic mass is 32.2. The van der Waals surface area contributed by atoms with Crippen molar-refractivity contribution in [2.24, 2.45) is 5.14 Å². The fourth-order valence-corrected chi connectivity index (χ4v) is 2.13. The van der Waals surface area contributed by atoms with Crippen LogP contribution < -0.4 is 5.14 Å². The first kappa shape index (κ1) is 11.6. The molecule has 0 aliphatic carbocycles. The second kappa shape index (κ2) is 4.88. The molecule has 0 saturated carbocycles. The fraction of sp³-hybridized carbons (Fsp3) is 0.750. The molecule has 1 atom stereocenters. The minimum Gasteiger partial charge on any atom is -0.377 e. The maximum absolute atomic E-state index is 11.1. The highest BCUT2D eigenvalue weighted by molar-refractivity contribution is 7.86. The Balaban J connectivity index is 2.54. The Morgan fingerprint density at radius 2 is 2.36 bits per heavy atom. The summed E-state index contributed by atoms with van der Waals surface area (Å²) in [5.74, 6) is 0. The van der Waals surface area contributed by atoms with Crippen LogP contribution in [-0.2, 0) is 14.9 Å². The Labute approximate surface area is 84.7 Å². The van der Waals surface area contributed by atoms with Crippen LogP contribution in [0.2, 0.25) is 0 Å². The Bertz CT molecular complexity index is 283. The van der Waals surface area contributed by atoms with Crippen LogP contribution in [0.4, 0.5) is 0 Å². The van der Waals surface area contributed by atoms with E-state index < -0.39 is 10.2 Å². The molecular formula is C8H16N2O3S. The van der Waals surface area contributed by atoms with E-state index in [1.165, 1.54) is 10.4 Å². The van der Waals surface area contributed by atoms with E-state index in [0.29, 0.717) is 13.2 Å². The second-order valence-electron chi connectivity index (χ2n) is 3.29. The largest absolute Gasteiger partial charge is 0.377 e. The maximum atomic E-state index is 11.1. The van der Waals surface area contributed by atoms with Crippen molar-refractivity contribution in [2.75, 3.05) is 19.7 Å². The summed E-state index contributed by atoms with van der Waals surface area (Å²) >= 11 is 0. The fourth-order valence-electron chi connectivity index (χ4n) is 1.44. The van der Waals surface area contributed by atoms with Gasteiger partial charge in [-0.05, 0) is 12.8 Å². The summed E-state index contributed by atoms with van der Waals surface area (Å²) in [5.41, 5.74) is 0. The first-order valence-corrected chi connectivity index (χ1v) is 6.04. The van der Waals surface area contributed by atoms with Gasteiger partial charge >= 0.3 is 0 Å². The third-order valence-corrected chi connectivity index (χ3v) is 3.14. The van der Waals surface area contributed by atoms with Crippen LogP contribution in [0.1, 0.15) is 12.8 Å². The zero-order chi connectivity index (χ0) is 10.6. The van der Waals surface area contributed by atoms with Crippen LogP contribution in [0.25, 0.3) is 0 Å². The Kier molecular flexibility index (Phi) is 4.06. The number of hydrogen-bond donors (Lipinski definition) is 1. The van der Waals surface area contributed by atoms with Crippen molar-refractivity contribution < 1.29 is 13.2 Å². The summed E-state index contributed by atoms with van der Waals surface area (Å²) < 4.78 is 28.7. The van der Waals surface area contributed by atoms with Crippen molar-refractivity contribution in [1.29, 1.82) is 0 Å². The molecule has 2 N–H and O–H groups in total. The van der Waals surface area contributed by atoms with Gasteiger partial charge in [0.15, 0.2) is 0 Å². The first-order valence-electron chi connectivity index (χ1n) is 4.54. The minimum atomic E-state index is -3.63. The van der Waals surface area contributed by atoms with Crippen molar-refractivity contribution in [2.45, 2.75) is 18.9 Å². The van der Waals surface area contributed by atoms with Crippen LogP contribution in [0.5, 0.6) is 0 Å². The molecule has 0 spiro atoms. The number of ether oxygens (including phenoxy) is 1. The standard InChI is InChI=1S/C8H16N2O3S/c1-2-5-10(14(9,11)12)7-8-4-3-6-13-8/h2,8H,1,3-7H2,(H2,9,11,12)/t8-/m0/s1. The van der Waals surface area contributed by atoms with E-state index in [-0.39, 0.29) is 12.6 Å². The van der Waals surface area contributed by atoms with Crippen LogP contribution in [-0.4, -0.2) is 38.5 Å². The van der Waals surface area contributed by atoms with Crippen molar-refractivity contribution in [3.05, 3.63) is 12.7 Å². The number of nitrogens with zero attached hydrogens (tertiary/aromatic N) is 1. The molecule has 1 rings (SSSR count). The van der Waals surface area contributed by atoms with Gasteiger partial charge < -0.3 is 4.74 Å². The zero-order valence-electron chi connectivity index (χ0n) is 8.05. The number of hydrogen-bond acceptors (Lipinski definition) is 3. The summed E-state index contributed by atoms with van der Waals surface area (Å²) in [7, 11) is -3.63. The van der Waals surface area contributed by atoms with E-state index in [0.717, 1.165) is 12.8 Å². The van der Waals surface area contributed by atoms with Crippen LogP contribution in [0.15, 0.2) is 12.7 Å². The molecule has 1 saturated heterocycles. The molecule has 1 fully saturated rings. The number of nitrogens with two attached hydrogens (primary N) is 1. The Hall–Kier alpha value is -0.430. The quantitative estimate of drug-likeness (QED) is 0.655. The van der Waals surface area contributed by atoms with Gasteiger partial charge in [-0.3, -0.25) is 0 Å². The lowest BCUT2D eigenvalue weighted by molar-refractivity contribution is 0.0957. The van der Waals surface area contributed by atoms with E-state index >= 15 is 0 Å². The minimum absolute atomic E-state index is 0.0201. The predicted octanol–water partition coefficient (Wildman–Crippen LogP) is -0.143. The normalized spacial score (nSPS) is 22.9. The van der Waals surface area contributed by atoms with Crippen molar-refractivity contribution in [1.82, 2.24) is 4.31 Å². The lowest BCUT2D eigenvalue weighted by Crippen LogP contribution is -2.41. The third-order valence-electron chi connectivity index (χ3n) is 2.12. The molecule has 14 heavy (non-hydrogen) atoms. The molecule has 1 aliphatic heterocycles. The van der Waals surface area contributed by atoms with Gasteiger partial charge in [-0.2, -0.15) is 12.7 Å². The highest BCUT2D eigenvalue weighted by Crippen LogP contribution is 2.14. The molecule has 0 bridgehead atoms. The molecular weight excluding hydrogens is 204 g/mol. The summed E-state index contributed by atoms with van der Waals surface area (Å²) in [6, 6.07) is 0. The SMILES string of the molecule is C=CCN(C[C@@H]1CCCO1)S(N)(=O)=O. The monoisotopic (exact) mass is 220 g/mol. The average Bonchev–Trinajstić information content (AvgIpc) is 2.54. The molecule has 0 aromatic carbocycles. The molecule has 1 aliphatic rings. The van der Waals surface area contributed by atoms with Gasteiger partial charge in [0, 0.05) is 19.7 Å². The van der Waals surface area contributed by atoms with Gasteiger partial charge in [-0.25, -0.2) is 5.14 Å². The molecule has 0 amide bonds. The van der Waals surface area contributed by atoms with Crippen molar-refractivity contribution in [3.63, 3.8) is 0 Å². The Morgan fingerprint density at radius 1 is 1.64 bits per heavy atom. The summed E-state index contributed by atoms with van der Waals surface area (Å²) in [5, 5.41) is 5.04. The molecule has 6 heteroatoms. The Morgan fingerprint density at radius 3 is 2.79 bits per heavy atom. The summed E-state index contributed by atoms with van der Waals surface area (Å²) in [4.78, 5) is 0. The molecule has 0 aromatic heterocycles. The second-order valence-corrected chi connectivity index (χ2v) is 4.83. The molecule has 1 heterocycles. The van der Waals surface area contributed by atoms with Gasteiger partial charge in [0.1, 0.15) is 0 Å². The van der Waals surface area contributed by atoms with E-state index in [9.17, 15) is 8.42 Å². The zero-order valence-corrected chi connectivity index (χ0v) is 8.87. The van der Waals surface area contributed by atoms with Gasteiger partial charge in [-0.15, -0.1) is 6.58 Å². The molecule has 0 aromatic rings. The molecule has 0 unspecified atom stereocenters. The van der Waals surface area contributed by atoms with Crippen molar-refractivity contribution >= 4 is 10.2 Å². The molecule has 82 valence electrons. The van der Waals surface area contributed by atoms with E-state index in [1.807, 2.05) is 0 Å². The molecule has 5 nitrogen and oxygen atoms in total. The van der Waals surface area contributed by atoms with Gasteiger partial charge in [0.05, 0.1) is 6.10 Å². The summed E-state index contributed by atoms with van der Waals surface area (Å²) in [6.07, 6.45) is 3.37. The van der Waals surface area contributed by atoms with Crippen LogP contribution in [0, 0.1) is 0 Å². The average molecular weight is 220 g/mol. The van der Waals surface area contributed by atoms with Gasteiger partial charge in [0.2, 0.25) is 0 Å². The smallest absolute Gasteiger partial charge is 0.277 e. The maximum Gasteiger partial charge on any atom is 0.277 e. The van der Waals surface area contributed by atoms with Crippen LogP contribution >= 0.6 is 0 Å². The molecule has 0 radical (unpaired) electrons. The third kappa shape index (κ3) is 3.38. The lowest BCUT2D eigenvalue weighted by Gasteiger charge is -2.20. The van der Waals surface area contributed by atoms with Crippen molar-refractivity contribution in [3.8, 4) is 0 Å². The van der Waals surface area contributed by atoms with Crippen LogP contribution in [0.3, 0.4) is 0 Å². The van der Waals surface area contributed by atoms with Gasteiger partial charge in [-0.1, -0.05) is 6.08 Å². The van der Waals surface area contributed by atoms with Gasteiger partial charge in [0.25, 0.3) is 10.2 Å². The van der Waals surface area contributed by atoms with E-state index in [4.69, 9.17) is 9.88 Å². The van der Waals surface area contributed by atoms with E-state index in [2.05, 4.69) is 6.58 Å².